The zero-order chi connectivity index (χ0) is 20.0. The predicted molar refractivity (Wildman–Crippen MR) is 80.2 cm³/mol. The minimum atomic E-state index is -5.23. The second kappa shape index (κ2) is 6.73. The smallest absolute Gasteiger partial charge is 0.578 e. The van der Waals surface area contributed by atoms with Crippen LogP contribution in [0.4, 0.5) is 32.2 Å². The van der Waals surface area contributed by atoms with Gasteiger partial charge in [-0.15, -0.1) is 18.3 Å². The molecule has 0 radical (unpaired) electrons. The first kappa shape index (κ1) is 20.5. The van der Waals surface area contributed by atoms with Crippen LogP contribution >= 0.6 is 23.2 Å². The van der Waals surface area contributed by atoms with Crippen LogP contribution in [0.1, 0.15) is 11.3 Å². The molecule has 1 aromatic carbocycles. The van der Waals surface area contributed by atoms with Crippen molar-refractivity contribution in [3.8, 4) is 11.8 Å². The van der Waals surface area contributed by atoms with Crippen molar-refractivity contribution < 1.29 is 30.9 Å². The third kappa shape index (κ3) is 3.66. The summed E-state index contributed by atoms with van der Waals surface area (Å²) < 4.78 is 88.7. The number of benzene rings is 1. The van der Waals surface area contributed by atoms with Crippen molar-refractivity contribution in [1.29, 1.82) is 5.26 Å². The lowest BCUT2D eigenvalue weighted by atomic mass is 10.2. The average Bonchev–Trinajstić information content (AvgIpc) is 2.79. The van der Waals surface area contributed by atoms with E-state index in [9.17, 15) is 30.9 Å². The fourth-order valence-corrected chi connectivity index (χ4v) is 3.40. The summed E-state index contributed by atoms with van der Waals surface area (Å²) in [6.45, 7) is 0. The molecule has 1 heterocycles. The number of rotatable bonds is 2. The minimum absolute atomic E-state index is 0.354. The van der Waals surface area contributed by atoms with Gasteiger partial charge in [0.15, 0.2) is 5.82 Å². The molecule has 14 heteroatoms. The van der Waals surface area contributed by atoms with Crippen LogP contribution in [0, 0.1) is 11.3 Å². The summed E-state index contributed by atoms with van der Waals surface area (Å²) >= 11 is 7.41. The van der Waals surface area contributed by atoms with Crippen molar-refractivity contribution in [1.82, 2.24) is 9.78 Å². The van der Waals surface area contributed by atoms with Gasteiger partial charge in [-0.3, -0.25) is 0 Å². The molecule has 26 heavy (non-hydrogen) atoms. The summed E-state index contributed by atoms with van der Waals surface area (Å²) in [6.07, 6.45) is -4.89. The lowest BCUT2D eigenvalue weighted by molar-refractivity contribution is -0.137. The van der Waals surface area contributed by atoms with Crippen molar-refractivity contribution in [2.75, 3.05) is 5.73 Å². The largest absolute Gasteiger partial charge is 0.604 e. The number of nitrogens with zero attached hydrogens (tertiary/aromatic N) is 3. The maximum absolute atomic E-state index is 12.9. The van der Waals surface area contributed by atoms with E-state index in [2.05, 4.69) is 5.10 Å². The van der Waals surface area contributed by atoms with Crippen LogP contribution in [0.5, 0.6) is 0 Å². The van der Waals surface area contributed by atoms with Gasteiger partial charge in [0.25, 0.3) is 0 Å². The number of halogens is 8. The predicted octanol–water partition coefficient (Wildman–Crippen LogP) is 4.28. The van der Waals surface area contributed by atoms with E-state index >= 15 is 0 Å². The van der Waals surface area contributed by atoms with E-state index in [1.807, 2.05) is 0 Å². The molecule has 0 saturated carbocycles. The van der Waals surface area contributed by atoms with E-state index in [-0.39, 0.29) is 5.69 Å². The SMILES string of the molecule is N#Cc1nn(-c2cc(Cl)c(C(F)(F)F)c(Cl)c2)c(N)c1[S@@+]([O-])C(F)(F)F. The Balaban J connectivity index is 2.69. The quantitative estimate of drug-likeness (QED) is 0.561. The van der Waals surface area contributed by atoms with Gasteiger partial charge >= 0.3 is 11.7 Å². The van der Waals surface area contributed by atoms with Gasteiger partial charge in [-0.05, 0) is 12.1 Å². The number of nitrogens with two attached hydrogens (primary N) is 1. The first-order chi connectivity index (χ1) is 11.8. The van der Waals surface area contributed by atoms with E-state index in [0.717, 1.165) is 0 Å². The number of nitriles is 1. The van der Waals surface area contributed by atoms with Crippen molar-refractivity contribution >= 4 is 40.2 Å². The molecule has 140 valence electrons. The van der Waals surface area contributed by atoms with Crippen LogP contribution in [0.15, 0.2) is 17.0 Å². The maximum atomic E-state index is 12.9. The monoisotopic (exact) mass is 436 g/mol. The molecule has 0 spiro atoms. The van der Waals surface area contributed by atoms with Crippen molar-refractivity contribution in [2.45, 2.75) is 16.6 Å². The van der Waals surface area contributed by atoms with Gasteiger partial charge in [0, 0.05) is 0 Å². The Hall–Kier alpha value is -1.81. The lowest BCUT2D eigenvalue weighted by Gasteiger charge is -2.14. The van der Waals surface area contributed by atoms with E-state index in [0.29, 0.717) is 16.8 Å². The van der Waals surface area contributed by atoms with Crippen LogP contribution in [0.2, 0.25) is 10.0 Å². The molecule has 0 aliphatic heterocycles. The Morgan fingerprint density at radius 3 is 2.04 bits per heavy atom. The Kier molecular flexibility index (Phi) is 5.31. The number of hydrogen-bond acceptors (Lipinski definition) is 4. The highest BCUT2D eigenvalue weighted by atomic mass is 35.5. The topological polar surface area (TPSA) is 90.7 Å². The standard InChI is InChI=1S/C12H4Cl2F6N4OS/c13-5-1-4(2-6(14)8(5)11(15,16)17)24-10(22)9(7(3-21)23-24)26(25)12(18,19)20/h1-2H,22H2/t26-/m1/s1. The number of anilines is 1. The number of alkyl halides is 6. The van der Waals surface area contributed by atoms with Gasteiger partial charge < -0.3 is 10.3 Å². The van der Waals surface area contributed by atoms with Gasteiger partial charge in [-0.2, -0.15) is 18.4 Å². The number of aromatic nitrogens is 2. The van der Waals surface area contributed by atoms with Crippen LogP contribution in [-0.4, -0.2) is 19.8 Å². The first-order valence-electron chi connectivity index (χ1n) is 6.12. The molecular weight excluding hydrogens is 433 g/mol. The molecule has 0 amide bonds. The molecule has 0 unspecified atom stereocenters. The molecule has 5 nitrogen and oxygen atoms in total. The second-order valence-electron chi connectivity index (χ2n) is 4.58. The van der Waals surface area contributed by atoms with Crippen LogP contribution in [0.3, 0.4) is 0 Å². The molecule has 0 fully saturated rings. The highest BCUT2D eigenvalue weighted by Gasteiger charge is 2.50. The summed E-state index contributed by atoms with van der Waals surface area (Å²) in [4.78, 5) is -1.12. The molecule has 2 N–H and O–H groups in total. The summed E-state index contributed by atoms with van der Waals surface area (Å²) in [6, 6.07) is 2.68. The number of nitrogen functional groups attached to an aromatic ring is 1. The van der Waals surface area contributed by atoms with E-state index < -0.39 is 54.9 Å². The Morgan fingerprint density at radius 1 is 1.15 bits per heavy atom. The lowest BCUT2D eigenvalue weighted by Crippen LogP contribution is -2.24. The summed E-state index contributed by atoms with van der Waals surface area (Å²) in [5, 5.41) is 10.6. The molecule has 0 saturated heterocycles. The van der Waals surface area contributed by atoms with Crippen LogP contribution in [0.25, 0.3) is 5.69 Å². The third-order valence-electron chi connectivity index (χ3n) is 2.93. The van der Waals surface area contributed by atoms with E-state index in [4.69, 9.17) is 34.2 Å². The fraction of sp³-hybridized carbons (Fsp3) is 0.167. The van der Waals surface area contributed by atoms with E-state index in [1.54, 1.807) is 0 Å². The Morgan fingerprint density at radius 2 is 1.65 bits per heavy atom. The molecule has 2 aromatic rings. The normalized spacial score (nSPS) is 13.5. The first-order valence-corrected chi connectivity index (χ1v) is 8.03. The van der Waals surface area contributed by atoms with Crippen LogP contribution in [-0.2, 0) is 17.4 Å². The fourth-order valence-electron chi connectivity index (χ4n) is 1.94. The van der Waals surface area contributed by atoms with Gasteiger partial charge in [0.05, 0.1) is 21.3 Å². The zero-order valence-corrected chi connectivity index (χ0v) is 14.2. The minimum Gasteiger partial charge on any atom is -0.604 e. The average molecular weight is 437 g/mol. The molecule has 0 bridgehead atoms. The molecular formula is C12H4Cl2F6N4OS. The van der Waals surface area contributed by atoms with Gasteiger partial charge in [-0.25, -0.2) is 4.68 Å². The summed E-state index contributed by atoms with van der Waals surface area (Å²) in [5.41, 5.74) is -2.38. The summed E-state index contributed by atoms with van der Waals surface area (Å²) in [7, 11) is 0. The van der Waals surface area contributed by atoms with Gasteiger partial charge in [0.1, 0.15) is 17.2 Å². The second-order valence-corrected chi connectivity index (χ2v) is 6.81. The van der Waals surface area contributed by atoms with Crippen molar-refractivity contribution in [3.63, 3.8) is 0 Å². The number of hydrogen-bond donors (Lipinski definition) is 1. The Labute approximate surface area is 154 Å². The van der Waals surface area contributed by atoms with Crippen LogP contribution < -0.4 is 5.73 Å². The zero-order valence-electron chi connectivity index (χ0n) is 11.9. The molecule has 0 aliphatic rings. The van der Waals surface area contributed by atoms with Gasteiger partial charge in [0.2, 0.25) is 10.6 Å². The summed E-state index contributed by atoms with van der Waals surface area (Å²) in [5.74, 6) is -0.857. The molecule has 1 atom stereocenters. The maximum Gasteiger partial charge on any atom is 0.578 e. The Bertz CT molecular complexity index is 882. The molecule has 2 rings (SSSR count). The molecule has 1 aromatic heterocycles. The van der Waals surface area contributed by atoms with Gasteiger partial charge in [-0.1, -0.05) is 23.2 Å². The highest BCUT2D eigenvalue weighted by molar-refractivity contribution is 7.92. The van der Waals surface area contributed by atoms with Crippen molar-refractivity contribution in [2.24, 2.45) is 0 Å². The van der Waals surface area contributed by atoms with Crippen molar-refractivity contribution in [3.05, 3.63) is 33.4 Å². The third-order valence-corrected chi connectivity index (χ3v) is 4.72. The molecule has 0 aliphatic carbocycles. The highest BCUT2D eigenvalue weighted by Crippen LogP contribution is 2.42. The van der Waals surface area contributed by atoms with E-state index in [1.165, 1.54) is 6.07 Å².